The van der Waals surface area contributed by atoms with Gasteiger partial charge in [0, 0.05) is 30.7 Å². The summed E-state index contributed by atoms with van der Waals surface area (Å²) in [7, 11) is 0. The molecule has 3 rings (SSSR count). The van der Waals surface area contributed by atoms with Gasteiger partial charge in [-0.15, -0.1) is 24.8 Å². The van der Waals surface area contributed by atoms with E-state index in [4.69, 9.17) is 5.73 Å². The minimum Gasteiger partial charge on any atom is -0.348 e. The first-order valence-corrected chi connectivity index (χ1v) is 7.62. The van der Waals surface area contributed by atoms with Gasteiger partial charge in [0.15, 0.2) is 0 Å². The Kier molecular flexibility index (Phi) is 7.63. The maximum atomic E-state index is 12.3. The van der Waals surface area contributed by atoms with E-state index in [0.29, 0.717) is 18.6 Å². The smallest absolute Gasteiger partial charge is 0.251 e. The highest BCUT2D eigenvalue weighted by molar-refractivity contribution is 5.94. The van der Waals surface area contributed by atoms with Gasteiger partial charge < -0.3 is 11.1 Å². The Balaban J connectivity index is 0.00000121. The van der Waals surface area contributed by atoms with Crippen LogP contribution in [0.1, 0.15) is 41.6 Å². The fourth-order valence-electron chi connectivity index (χ4n) is 3.46. The van der Waals surface area contributed by atoms with E-state index in [1.165, 1.54) is 25.8 Å². The lowest BCUT2D eigenvalue weighted by molar-refractivity contribution is 0.0915. The third kappa shape index (κ3) is 4.13. The molecule has 0 aliphatic carbocycles. The second kappa shape index (κ2) is 8.73. The lowest BCUT2D eigenvalue weighted by atomic mass is 9.98. The van der Waals surface area contributed by atoms with Crippen molar-refractivity contribution in [1.29, 1.82) is 0 Å². The number of nitrogens with zero attached hydrogens (tertiary/aromatic N) is 1. The van der Waals surface area contributed by atoms with Gasteiger partial charge in [-0.1, -0.05) is 18.6 Å². The number of piperidine rings is 1. The van der Waals surface area contributed by atoms with Gasteiger partial charge in [0.25, 0.3) is 5.91 Å². The van der Waals surface area contributed by atoms with Crippen LogP contribution in [-0.4, -0.2) is 36.0 Å². The zero-order chi connectivity index (χ0) is 13.9. The maximum absolute atomic E-state index is 12.3. The van der Waals surface area contributed by atoms with E-state index in [2.05, 4.69) is 10.2 Å². The number of carbonyl (C=O) groups is 1. The molecule has 2 unspecified atom stereocenters. The Morgan fingerprint density at radius 1 is 1.14 bits per heavy atom. The highest BCUT2D eigenvalue weighted by Gasteiger charge is 2.36. The fraction of sp³-hybridized carbons (Fsp3) is 0.562. The molecule has 2 saturated heterocycles. The number of hydrogen-bond donors (Lipinski definition) is 2. The maximum Gasteiger partial charge on any atom is 0.251 e. The molecule has 1 aromatic carbocycles. The minimum absolute atomic E-state index is 0. The van der Waals surface area contributed by atoms with Gasteiger partial charge in [0.2, 0.25) is 0 Å². The monoisotopic (exact) mass is 345 g/mol. The highest BCUT2D eigenvalue weighted by Crippen LogP contribution is 2.27. The molecular formula is C16H25Cl2N3O. The number of benzene rings is 1. The van der Waals surface area contributed by atoms with Crippen LogP contribution in [0.25, 0.3) is 0 Å². The summed E-state index contributed by atoms with van der Waals surface area (Å²) in [6, 6.07) is 8.46. The van der Waals surface area contributed by atoms with Gasteiger partial charge in [-0.05, 0) is 43.5 Å². The molecule has 6 heteroatoms. The number of amides is 1. The van der Waals surface area contributed by atoms with E-state index >= 15 is 0 Å². The van der Waals surface area contributed by atoms with E-state index in [-0.39, 0.29) is 30.7 Å². The standard InChI is InChI=1S/C16H23N3O.2ClH/c17-11-12-4-6-13(7-5-12)16(20)18-14-8-10-19-9-2-1-3-15(14)19;;/h4-7,14-15H,1-3,8-11,17H2,(H,18,20);2*1H. The zero-order valence-electron chi connectivity index (χ0n) is 12.7. The van der Waals surface area contributed by atoms with Crippen molar-refractivity contribution >= 4 is 30.7 Å². The van der Waals surface area contributed by atoms with Crippen LogP contribution in [0.15, 0.2) is 24.3 Å². The average Bonchev–Trinajstić information content (AvgIpc) is 2.91. The van der Waals surface area contributed by atoms with E-state index < -0.39 is 0 Å². The van der Waals surface area contributed by atoms with Gasteiger partial charge in [-0.3, -0.25) is 9.69 Å². The number of hydrogen-bond acceptors (Lipinski definition) is 3. The molecule has 0 aromatic heterocycles. The van der Waals surface area contributed by atoms with Crippen molar-refractivity contribution in [3.63, 3.8) is 0 Å². The van der Waals surface area contributed by atoms with Crippen LogP contribution < -0.4 is 11.1 Å². The van der Waals surface area contributed by atoms with E-state index in [1.807, 2.05) is 24.3 Å². The number of fused-ring (bicyclic) bond motifs is 1. The first kappa shape index (κ1) is 19.2. The van der Waals surface area contributed by atoms with Crippen LogP contribution in [0.4, 0.5) is 0 Å². The van der Waals surface area contributed by atoms with Crippen LogP contribution in [-0.2, 0) is 6.54 Å². The van der Waals surface area contributed by atoms with Crippen molar-refractivity contribution in [3.05, 3.63) is 35.4 Å². The summed E-state index contributed by atoms with van der Waals surface area (Å²) in [5, 5.41) is 3.22. The van der Waals surface area contributed by atoms with Crippen molar-refractivity contribution in [2.24, 2.45) is 5.73 Å². The van der Waals surface area contributed by atoms with Gasteiger partial charge in [-0.25, -0.2) is 0 Å². The summed E-state index contributed by atoms with van der Waals surface area (Å²) < 4.78 is 0. The quantitative estimate of drug-likeness (QED) is 0.883. The third-order valence-corrected chi connectivity index (χ3v) is 4.62. The van der Waals surface area contributed by atoms with Crippen molar-refractivity contribution in [2.45, 2.75) is 44.3 Å². The summed E-state index contributed by atoms with van der Waals surface area (Å²) >= 11 is 0. The number of carbonyl (C=O) groups excluding carboxylic acids is 1. The summed E-state index contributed by atoms with van der Waals surface area (Å²) in [6.45, 7) is 2.84. The molecule has 1 amide bonds. The molecule has 0 radical (unpaired) electrons. The Hall–Kier alpha value is -0.810. The van der Waals surface area contributed by atoms with E-state index in [9.17, 15) is 4.79 Å². The molecule has 2 heterocycles. The van der Waals surface area contributed by atoms with Crippen LogP contribution in [0.3, 0.4) is 0 Å². The lowest BCUT2D eigenvalue weighted by Crippen LogP contribution is -2.46. The van der Waals surface area contributed by atoms with Gasteiger partial charge >= 0.3 is 0 Å². The summed E-state index contributed by atoms with van der Waals surface area (Å²) in [6.07, 6.45) is 4.89. The average molecular weight is 346 g/mol. The van der Waals surface area contributed by atoms with E-state index in [1.54, 1.807) is 0 Å². The van der Waals surface area contributed by atoms with Crippen LogP contribution >= 0.6 is 24.8 Å². The number of halogens is 2. The van der Waals surface area contributed by atoms with Crippen molar-refractivity contribution < 1.29 is 4.79 Å². The molecule has 0 spiro atoms. The molecule has 4 nitrogen and oxygen atoms in total. The molecule has 2 aliphatic rings. The zero-order valence-corrected chi connectivity index (χ0v) is 14.3. The molecule has 0 saturated carbocycles. The molecule has 3 N–H and O–H groups in total. The summed E-state index contributed by atoms with van der Waals surface area (Å²) in [5.41, 5.74) is 7.36. The number of nitrogens with one attached hydrogen (secondary N) is 1. The van der Waals surface area contributed by atoms with Gasteiger partial charge in [-0.2, -0.15) is 0 Å². The topological polar surface area (TPSA) is 58.4 Å². The van der Waals surface area contributed by atoms with Crippen LogP contribution in [0.5, 0.6) is 0 Å². The number of nitrogens with two attached hydrogens (primary N) is 1. The predicted octanol–water partition coefficient (Wildman–Crippen LogP) is 2.35. The van der Waals surface area contributed by atoms with Crippen molar-refractivity contribution in [2.75, 3.05) is 13.1 Å². The second-order valence-electron chi connectivity index (χ2n) is 5.87. The molecule has 22 heavy (non-hydrogen) atoms. The molecule has 2 atom stereocenters. The van der Waals surface area contributed by atoms with Crippen molar-refractivity contribution in [3.8, 4) is 0 Å². The van der Waals surface area contributed by atoms with Crippen molar-refractivity contribution in [1.82, 2.24) is 10.2 Å². The normalized spacial score (nSPS) is 23.9. The van der Waals surface area contributed by atoms with Crippen LogP contribution in [0.2, 0.25) is 0 Å². The van der Waals surface area contributed by atoms with Gasteiger partial charge in [0.05, 0.1) is 0 Å². The molecule has 0 bridgehead atoms. The minimum atomic E-state index is 0. The molecular weight excluding hydrogens is 321 g/mol. The highest BCUT2D eigenvalue weighted by atomic mass is 35.5. The Labute approximate surface area is 144 Å². The molecule has 124 valence electrons. The SMILES string of the molecule is Cl.Cl.NCc1ccc(C(=O)NC2CCN3CCCCC23)cc1. The van der Waals surface area contributed by atoms with E-state index in [0.717, 1.165) is 24.1 Å². The Morgan fingerprint density at radius 2 is 1.86 bits per heavy atom. The van der Waals surface area contributed by atoms with Gasteiger partial charge in [0.1, 0.15) is 0 Å². The summed E-state index contributed by atoms with van der Waals surface area (Å²) in [5.74, 6) is 0.0472. The fourth-order valence-corrected chi connectivity index (χ4v) is 3.46. The lowest BCUT2D eigenvalue weighted by Gasteiger charge is -2.32. The first-order chi connectivity index (χ1) is 9.78. The Bertz CT molecular complexity index is 481. The second-order valence-corrected chi connectivity index (χ2v) is 5.87. The van der Waals surface area contributed by atoms with Crippen LogP contribution in [0, 0.1) is 0 Å². The molecule has 2 fully saturated rings. The first-order valence-electron chi connectivity index (χ1n) is 7.62. The third-order valence-electron chi connectivity index (χ3n) is 4.62. The summed E-state index contributed by atoms with van der Waals surface area (Å²) in [4.78, 5) is 14.8. The number of rotatable bonds is 3. The largest absolute Gasteiger partial charge is 0.348 e. The molecule has 2 aliphatic heterocycles. The predicted molar refractivity (Wildman–Crippen MR) is 93.9 cm³/mol. The Morgan fingerprint density at radius 3 is 2.55 bits per heavy atom. The molecule has 1 aromatic rings.